The van der Waals surface area contributed by atoms with Gasteiger partial charge in [0.15, 0.2) is 5.82 Å². The lowest BCUT2D eigenvalue weighted by molar-refractivity contribution is -0.120. The number of aryl methyl sites for hydroxylation is 3. The molecule has 1 heterocycles. The highest BCUT2D eigenvalue weighted by Gasteiger charge is 2.27. The third-order valence-corrected chi connectivity index (χ3v) is 7.02. The average molecular weight is 473 g/mol. The molecule has 0 spiro atoms. The number of ether oxygens (including phenoxy) is 1. The Labute approximate surface area is 193 Å². The predicted molar refractivity (Wildman–Crippen MR) is 124 cm³/mol. The first-order valence-corrected chi connectivity index (χ1v) is 11.9. The van der Waals surface area contributed by atoms with Crippen LogP contribution in [0.25, 0.3) is 0 Å². The monoisotopic (exact) mass is 472 g/mol. The number of rotatable bonds is 10. The number of methoxy groups -OCH3 is 1. The van der Waals surface area contributed by atoms with Crippen LogP contribution in [0, 0.1) is 20.8 Å². The van der Waals surface area contributed by atoms with Crippen molar-refractivity contribution in [3.05, 3.63) is 65.3 Å². The lowest BCUT2D eigenvalue weighted by atomic mass is 10.2. The molecule has 0 saturated carbocycles. The maximum Gasteiger partial charge on any atom is 0.264 e. The molecular formula is C23H28N4O5S. The topological polar surface area (TPSA) is 115 Å². The number of hydrogen-bond acceptors (Lipinski definition) is 7. The van der Waals surface area contributed by atoms with E-state index in [1.807, 2.05) is 13.0 Å². The Hall–Kier alpha value is -3.40. The third-order valence-electron chi connectivity index (χ3n) is 5.03. The summed E-state index contributed by atoms with van der Waals surface area (Å²) in [6.07, 6.45) is 0.384. The summed E-state index contributed by atoms with van der Waals surface area (Å²) in [5, 5.41) is 6.47. The van der Waals surface area contributed by atoms with Gasteiger partial charge in [0.05, 0.1) is 17.7 Å². The molecule has 10 heteroatoms. The van der Waals surface area contributed by atoms with Crippen LogP contribution in [0.5, 0.6) is 5.75 Å². The fourth-order valence-electron chi connectivity index (χ4n) is 3.39. The van der Waals surface area contributed by atoms with E-state index in [-0.39, 0.29) is 23.8 Å². The van der Waals surface area contributed by atoms with Crippen molar-refractivity contribution in [1.82, 2.24) is 15.5 Å². The number of nitrogens with one attached hydrogen (secondary N) is 1. The van der Waals surface area contributed by atoms with Crippen LogP contribution < -0.4 is 14.4 Å². The molecule has 1 aromatic heterocycles. The molecular weight excluding hydrogens is 444 g/mol. The molecule has 0 aliphatic carbocycles. The van der Waals surface area contributed by atoms with Crippen LogP contribution in [0.2, 0.25) is 0 Å². The molecule has 3 aromatic rings. The lowest BCUT2D eigenvalue weighted by Gasteiger charge is -2.25. The van der Waals surface area contributed by atoms with Crippen molar-refractivity contribution in [2.45, 2.75) is 38.5 Å². The number of hydrogen-bond donors (Lipinski definition) is 1. The van der Waals surface area contributed by atoms with Crippen LogP contribution in [0.3, 0.4) is 0 Å². The van der Waals surface area contributed by atoms with Gasteiger partial charge in [0.2, 0.25) is 11.8 Å². The Morgan fingerprint density at radius 1 is 1.12 bits per heavy atom. The van der Waals surface area contributed by atoms with Gasteiger partial charge in [-0.05, 0) is 56.7 Å². The van der Waals surface area contributed by atoms with Gasteiger partial charge in [0, 0.05) is 25.9 Å². The van der Waals surface area contributed by atoms with Crippen LogP contribution in [0.1, 0.15) is 29.3 Å². The van der Waals surface area contributed by atoms with E-state index in [2.05, 4.69) is 15.5 Å². The lowest BCUT2D eigenvalue weighted by Crippen LogP contribution is -2.36. The van der Waals surface area contributed by atoms with Gasteiger partial charge in [-0.15, -0.1) is 0 Å². The molecule has 0 aliphatic heterocycles. The maximum absolute atomic E-state index is 13.6. The second-order valence-corrected chi connectivity index (χ2v) is 9.46. The quantitative estimate of drug-likeness (QED) is 0.482. The molecule has 9 nitrogen and oxygen atoms in total. The van der Waals surface area contributed by atoms with Crippen LogP contribution in [-0.4, -0.2) is 44.7 Å². The molecule has 176 valence electrons. The molecule has 33 heavy (non-hydrogen) atoms. The summed E-state index contributed by atoms with van der Waals surface area (Å²) >= 11 is 0. The average Bonchev–Trinajstić information content (AvgIpc) is 3.18. The highest BCUT2D eigenvalue weighted by Crippen LogP contribution is 2.28. The van der Waals surface area contributed by atoms with Crippen molar-refractivity contribution in [2.24, 2.45) is 0 Å². The Morgan fingerprint density at radius 3 is 2.45 bits per heavy atom. The SMILES string of the molecule is COc1ccc(N(CCC(=O)NCCc2nc(C)no2)S(=O)(=O)c2ccc(C)cc2C)cc1. The Balaban J connectivity index is 1.76. The molecule has 0 bridgehead atoms. The van der Waals surface area contributed by atoms with E-state index < -0.39 is 10.0 Å². The first kappa shape index (κ1) is 24.2. The summed E-state index contributed by atoms with van der Waals surface area (Å²) in [6.45, 7) is 5.68. The minimum absolute atomic E-state index is 0.0149. The minimum atomic E-state index is -3.90. The number of carbonyl (C=O) groups excluding carboxylic acids is 1. The van der Waals surface area contributed by atoms with E-state index in [4.69, 9.17) is 9.26 Å². The smallest absolute Gasteiger partial charge is 0.264 e. The van der Waals surface area contributed by atoms with E-state index in [1.54, 1.807) is 57.4 Å². The molecule has 0 fully saturated rings. The highest BCUT2D eigenvalue weighted by molar-refractivity contribution is 7.92. The van der Waals surface area contributed by atoms with Crippen molar-refractivity contribution >= 4 is 21.6 Å². The van der Waals surface area contributed by atoms with Gasteiger partial charge in [-0.3, -0.25) is 9.10 Å². The van der Waals surface area contributed by atoms with Gasteiger partial charge in [-0.2, -0.15) is 4.98 Å². The van der Waals surface area contributed by atoms with Gasteiger partial charge in [0.25, 0.3) is 10.0 Å². The fourth-order valence-corrected chi connectivity index (χ4v) is 5.06. The minimum Gasteiger partial charge on any atom is -0.497 e. The fraction of sp³-hybridized carbons (Fsp3) is 0.348. The van der Waals surface area contributed by atoms with E-state index in [0.717, 1.165) is 5.56 Å². The maximum atomic E-state index is 13.6. The van der Waals surface area contributed by atoms with Crippen molar-refractivity contribution in [2.75, 3.05) is 24.5 Å². The van der Waals surface area contributed by atoms with Crippen LogP contribution in [0.15, 0.2) is 51.9 Å². The normalized spacial score (nSPS) is 11.3. The number of carbonyl (C=O) groups is 1. The molecule has 0 atom stereocenters. The van der Waals surface area contributed by atoms with E-state index in [1.165, 1.54) is 4.31 Å². The highest BCUT2D eigenvalue weighted by atomic mass is 32.2. The number of aromatic nitrogens is 2. The molecule has 3 rings (SSSR count). The zero-order chi connectivity index (χ0) is 24.0. The first-order chi connectivity index (χ1) is 15.7. The van der Waals surface area contributed by atoms with Crippen molar-refractivity contribution < 1.29 is 22.5 Å². The Kier molecular flexibility index (Phi) is 7.70. The zero-order valence-corrected chi connectivity index (χ0v) is 20.0. The standard InChI is InChI=1S/C23H28N4O5S/c1-16-5-10-21(17(2)15-16)33(29,30)27(19-6-8-20(31-4)9-7-19)14-12-22(28)24-13-11-23-25-18(3)26-32-23/h5-10,15H,11-14H2,1-4H3,(H,24,28). The molecule has 0 aliphatic rings. The summed E-state index contributed by atoms with van der Waals surface area (Å²) in [7, 11) is -2.36. The van der Waals surface area contributed by atoms with E-state index in [9.17, 15) is 13.2 Å². The van der Waals surface area contributed by atoms with Crippen molar-refractivity contribution in [3.8, 4) is 5.75 Å². The molecule has 0 unspecified atom stereocenters. The van der Waals surface area contributed by atoms with Crippen LogP contribution >= 0.6 is 0 Å². The van der Waals surface area contributed by atoms with Gasteiger partial charge in [-0.1, -0.05) is 22.9 Å². The molecule has 0 saturated heterocycles. The summed E-state index contributed by atoms with van der Waals surface area (Å²) in [4.78, 5) is 16.7. The summed E-state index contributed by atoms with van der Waals surface area (Å²) in [5.41, 5.74) is 2.07. The van der Waals surface area contributed by atoms with Gasteiger partial charge in [-0.25, -0.2) is 8.42 Å². The number of amides is 1. The molecule has 1 amide bonds. The van der Waals surface area contributed by atoms with Gasteiger partial charge >= 0.3 is 0 Å². The third kappa shape index (κ3) is 6.10. The first-order valence-electron chi connectivity index (χ1n) is 10.5. The molecule has 0 radical (unpaired) electrons. The van der Waals surface area contributed by atoms with Crippen molar-refractivity contribution in [3.63, 3.8) is 0 Å². The molecule has 1 N–H and O–H groups in total. The second kappa shape index (κ2) is 10.5. The Bertz CT molecular complexity index is 1210. The zero-order valence-electron chi connectivity index (χ0n) is 19.2. The van der Waals surface area contributed by atoms with E-state index >= 15 is 0 Å². The summed E-state index contributed by atoms with van der Waals surface area (Å²) < 4.78 is 38.6. The van der Waals surface area contributed by atoms with Gasteiger partial charge < -0.3 is 14.6 Å². The second-order valence-electron chi connectivity index (χ2n) is 7.63. The number of benzene rings is 2. The number of nitrogens with zero attached hydrogens (tertiary/aromatic N) is 3. The van der Waals surface area contributed by atoms with Crippen LogP contribution in [0.4, 0.5) is 5.69 Å². The predicted octanol–water partition coefficient (Wildman–Crippen LogP) is 2.95. The van der Waals surface area contributed by atoms with Crippen molar-refractivity contribution in [1.29, 1.82) is 0 Å². The number of sulfonamides is 1. The number of anilines is 1. The van der Waals surface area contributed by atoms with Gasteiger partial charge in [0.1, 0.15) is 5.75 Å². The van der Waals surface area contributed by atoms with E-state index in [0.29, 0.717) is 41.7 Å². The Morgan fingerprint density at radius 2 is 1.85 bits per heavy atom. The molecule has 2 aromatic carbocycles. The van der Waals surface area contributed by atoms with Crippen LogP contribution in [-0.2, 0) is 21.2 Å². The summed E-state index contributed by atoms with van der Waals surface area (Å²) in [5.74, 6) is 1.30. The largest absolute Gasteiger partial charge is 0.497 e. The summed E-state index contributed by atoms with van der Waals surface area (Å²) in [6, 6.07) is 11.9.